The minimum Gasteiger partial charge on any atom is -0.452 e. The number of carbonyl (C=O) groups is 2. The van der Waals surface area contributed by atoms with Crippen molar-refractivity contribution in [3.8, 4) is 0 Å². The van der Waals surface area contributed by atoms with Crippen molar-refractivity contribution in [1.82, 2.24) is 0 Å². The zero-order valence-corrected chi connectivity index (χ0v) is 12.7. The highest BCUT2D eigenvalue weighted by Gasteiger charge is 2.16. The molecule has 0 spiro atoms. The molecule has 0 aromatic heterocycles. The van der Waals surface area contributed by atoms with Crippen molar-refractivity contribution in [3.05, 3.63) is 59.9 Å². The summed E-state index contributed by atoms with van der Waals surface area (Å²) >= 11 is 0. The van der Waals surface area contributed by atoms with Crippen molar-refractivity contribution in [2.75, 3.05) is 23.8 Å². The first-order valence-electron chi connectivity index (χ1n) is 7.10. The van der Waals surface area contributed by atoms with E-state index >= 15 is 0 Å². The van der Waals surface area contributed by atoms with Crippen LogP contribution in [0.1, 0.15) is 17.3 Å². The van der Waals surface area contributed by atoms with Crippen LogP contribution in [0, 0.1) is 5.82 Å². The molecule has 2 aromatic carbocycles. The van der Waals surface area contributed by atoms with Gasteiger partial charge < -0.3 is 15.4 Å². The second kappa shape index (κ2) is 7.40. The molecule has 0 aliphatic rings. The van der Waals surface area contributed by atoms with E-state index in [0.717, 1.165) is 0 Å². The summed E-state index contributed by atoms with van der Waals surface area (Å²) in [6.07, 6.45) is 0. The number of carbonyl (C=O) groups excluding carboxylic acids is 2. The fourth-order valence-electron chi connectivity index (χ4n) is 2.03. The molecule has 0 atom stereocenters. The number of hydrogen-bond acceptors (Lipinski definition) is 4. The van der Waals surface area contributed by atoms with Crippen LogP contribution in [0.5, 0.6) is 0 Å². The average molecular weight is 316 g/mol. The van der Waals surface area contributed by atoms with Crippen molar-refractivity contribution in [2.24, 2.45) is 0 Å². The van der Waals surface area contributed by atoms with Gasteiger partial charge in [-0.25, -0.2) is 9.18 Å². The molecule has 0 saturated carbocycles. The fourth-order valence-corrected chi connectivity index (χ4v) is 2.03. The Balaban J connectivity index is 1.98. The second-order valence-corrected chi connectivity index (χ2v) is 4.81. The molecule has 0 saturated heterocycles. The van der Waals surface area contributed by atoms with Crippen molar-refractivity contribution >= 4 is 23.3 Å². The first kappa shape index (κ1) is 16.5. The largest absolute Gasteiger partial charge is 0.452 e. The first-order valence-corrected chi connectivity index (χ1v) is 7.10. The highest BCUT2D eigenvalue weighted by atomic mass is 19.1. The van der Waals surface area contributed by atoms with Crippen LogP contribution in [-0.2, 0) is 9.53 Å². The van der Waals surface area contributed by atoms with Crippen LogP contribution >= 0.6 is 0 Å². The van der Waals surface area contributed by atoms with Gasteiger partial charge in [-0.1, -0.05) is 0 Å². The van der Waals surface area contributed by atoms with E-state index in [4.69, 9.17) is 10.5 Å². The lowest BCUT2D eigenvalue weighted by atomic mass is 10.2. The number of likely N-dealkylation sites (N-methyl/N-ethyl adjacent to an activating group) is 1. The van der Waals surface area contributed by atoms with Gasteiger partial charge in [-0.2, -0.15) is 0 Å². The molecule has 1 amide bonds. The van der Waals surface area contributed by atoms with Gasteiger partial charge in [0.25, 0.3) is 5.91 Å². The summed E-state index contributed by atoms with van der Waals surface area (Å²) in [5.74, 6) is -1.37. The third-order valence-electron chi connectivity index (χ3n) is 3.23. The summed E-state index contributed by atoms with van der Waals surface area (Å²) < 4.78 is 18.0. The third-order valence-corrected chi connectivity index (χ3v) is 3.23. The second-order valence-electron chi connectivity index (χ2n) is 4.81. The highest BCUT2D eigenvalue weighted by Crippen LogP contribution is 2.15. The van der Waals surface area contributed by atoms with E-state index in [1.54, 1.807) is 19.1 Å². The number of ether oxygens (including phenoxy) is 1. The summed E-state index contributed by atoms with van der Waals surface area (Å²) in [6, 6.07) is 11.7. The smallest absolute Gasteiger partial charge is 0.338 e. The fraction of sp³-hybridized carbons (Fsp3) is 0.176. The minimum absolute atomic E-state index is 0.317. The lowest BCUT2D eigenvalue weighted by molar-refractivity contribution is -0.121. The summed E-state index contributed by atoms with van der Waals surface area (Å²) in [5, 5.41) is 0. The number of esters is 1. The Labute approximate surface area is 133 Å². The summed E-state index contributed by atoms with van der Waals surface area (Å²) in [5.41, 5.74) is 6.94. The number of anilines is 2. The molecule has 0 fully saturated rings. The zero-order valence-electron chi connectivity index (χ0n) is 12.7. The van der Waals surface area contributed by atoms with Gasteiger partial charge in [-0.05, 0) is 55.5 Å². The van der Waals surface area contributed by atoms with Gasteiger partial charge in [0, 0.05) is 17.9 Å². The van der Waals surface area contributed by atoms with Crippen molar-refractivity contribution < 1.29 is 18.7 Å². The summed E-state index contributed by atoms with van der Waals surface area (Å²) in [7, 11) is 0. The molecule has 0 aliphatic heterocycles. The molecule has 2 N–H and O–H groups in total. The molecule has 6 heteroatoms. The van der Waals surface area contributed by atoms with Crippen LogP contribution in [-0.4, -0.2) is 25.0 Å². The monoisotopic (exact) mass is 316 g/mol. The minimum atomic E-state index is -0.603. The van der Waals surface area contributed by atoms with Gasteiger partial charge in [-0.15, -0.1) is 0 Å². The Morgan fingerprint density at radius 1 is 1.09 bits per heavy atom. The first-order chi connectivity index (χ1) is 11.0. The van der Waals surface area contributed by atoms with Gasteiger partial charge in [0.2, 0.25) is 0 Å². The van der Waals surface area contributed by atoms with Crippen LogP contribution in [0.15, 0.2) is 48.5 Å². The number of rotatable bonds is 5. The van der Waals surface area contributed by atoms with Crippen LogP contribution < -0.4 is 10.6 Å². The molecule has 0 heterocycles. The number of amides is 1. The van der Waals surface area contributed by atoms with Crippen molar-refractivity contribution in [1.29, 1.82) is 0 Å². The molecular formula is C17H17FN2O3. The van der Waals surface area contributed by atoms with E-state index in [1.807, 2.05) is 0 Å². The Morgan fingerprint density at radius 2 is 1.70 bits per heavy atom. The number of nitrogen functional groups attached to an aromatic ring is 1. The SMILES string of the molecule is CCN(C(=O)COC(=O)c1ccc(N)cc1)c1ccc(F)cc1. The molecular weight excluding hydrogens is 299 g/mol. The van der Waals surface area contributed by atoms with Crippen LogP contribution in [0.2, 0.25) is 0 Å². The van der Waals surface area contributed by atoms with Gasteiger partial charge in [0.05, 0.1) is 5.56 Å². The van der Waals surface area contributed by atoms with Crippen molar-refractivity contribution in [3.63, 3.8) is 0 Å². The molecule has 23 heavy (non-hydrogen) atoms. The van der Waals surface area contributed by atoms with E-state index < -0.39 is 12.6 Å². The third kappa shape index (κ3) is 4.29. The Hall–Kier alpha value is -2.89. The lowest BCUT2D eigenvalue weighted by Gasteiger charge is -2.20. The maximum Gasteiger partial charge on any atom is 0.338 e. The number of nitrogens with zero attached hydrogens (tertiary/aromatic N) is 1. The predicted molar refractivity (Wildman–Crippen MR) is 85.6 cm³/mol. The maximum atomic E-state index is 12.9. The topological polar surface area (TPSA) is 72.6 Å². The Bertz CT molecular complexity index is 684. The summed E-state index contributed by atoms with van der Waals surface area (Å²) in [6.45, 7) is 1.77. The lowest BCUT2D eigenvalue weighted by Crippen LogP contribution is -2.34. The van der Waals surface area contributed by atoms with Crippen molar-refractivity contribution in [2.45, 2.75) is 6.92 Å². The van der Waals surface area contributed by atoms with Crippen LogP contribution in [0.25, 0.3) is 0 Å². The van der Waals surface area contributed by atoms with E-state index in [2.05, 4.69) is 0 Å². The highest BCUT2D eigenvalue weighted by molar-refractivity contribution is 5.97. The molecule has 0 unspecified atom stereocenters. The summed E-state index contributed by atoms with van der Waals surface area (Å²) in [4.78, 5) is 25.5. The molecule has 2 rings (SSSR count). The van der Waals surface area contributed by atoms with E-state index in [0.29, 0.717) is 23.5 Å². The maximum absolute atomic E-state index is 12.9. The molecule has 2 aromatic rings. The quantitative estimate of drug-likeness (QED) is 0.680. The number of benzene rings is 2. The molecule has 0 aliphatic carbocycles. The van der Waals surface area contributed by atoms with E-state index in [-0.39, 0.29) is 11.7 Å². The molecule has 5 nitrogen and oxygen atoms in total. The van der Waals surface area contributed by atoms with Crippen LogP contribution in [0.4, 0.5) is 15.8 Å². The van der Waals surface area contributed by atoms with E-state index in [9.17, 15) is 14.0 Å². The zero-order chi connectivity index (χ0) is 16.8. The van der Waals surface area contributed by atoms with E-state index in [1.165, 1.54) is 41.3 Å². The van der Waals surface area contributed by atoms with Gasteiger partial charge in [0.15, 0.2) is 6.61 Å². The van der Waals surface area contributed by atoms with Crippen LogP contribution in [0.3, 0.4) is 0 Å². The average Bonchev–Trinajstić information content (AvgIpc) is 2.55. The van der Waals surface area contributed by atoms with Gasteiger partial charge >= 0.3 is 5.97 Å². The van der Waals surface area contributed by atoms with Gasteiger partial charge in [0.1, 0.15) is 5.82 Å². The van der Waals surface area contributed by atoms with Gasteiger partial charge in [-0.3, -0.25) is 4.79 Å². The number of nitrogens with two attached hydrogens (primary N) is 1. The molecule has 0 bridgehead atoms. The molecule has 0 radical (unpaired) electrons. The number of hydrogen-bond donors (Lipinski definition) is 1. The number of halogens is 1. The predicted octanol–water partition coefficient (Wildman–Crippen LogP) is 2.62. The Morgan fingerprint density at radius 3 is 2.26 bits per heavy atom. The normalized spacial score (nSPS) is 10.2. The molecule has 120 valence electrons. The Kier molecular flexibility index (Phi) is 5.30. The standard InChI is InChI=1S/C17H17FN2O3/c1-2-20(15-9-5-13(18)6-10-15)16(21)11-23-17(22)12-3-7-14(19)8-4-12/h3-10H,2,11,19H2,1H3.